The van der Waals surface area contributed by atoms with Gasteiger partial charge >= 0.3 is 0 Å². The first-order chi connectivity index (χ1) is 9.69. The molecule has 108 valence electrons. The smallest absolute Gasteiger partial charge is 0.270 e. The van der Waals surface area contributed by atoms with Crippen LogP contribution in [-0.2, 0) is 0 Å². The molecule has 5 nitrogen and oxygen atoms in total. The molecule has 0 fully saturated rings. The largest absolute Gasteiger partial charge is 0.493 e. The van der Waals surface area contributed by atoms with Gasteiger partial charge in [0.1, 0.15) is 5.69 Å². The fourth-order valence-electron chi connectivity index (χ4n) is 2.25. The lowest BCUT2D eigenvalue weighted by atomic mass is 10.2. The number of aryl methyl sites for hydroxylation is 1. The van der Waals surface area contributed by atoms with Crippen molar-refractivity contribution >= 4 is 11.6 Å². The maximum atomic E-state index is 12.3. The summed E-state index contributed by atoms with van der Waals surface area (Å²) < 4.78 is 7.05. The van der Waals surface area contributed by atoms with Gasteiger partial charge in [-0.2, -0.15) is 0 Å². The molecule has 0 aromatic carbocycles. The molecule has 0 aliphatic heterocycles. The summed E-state index contributed by atoms with van der Waals surface area (Å²) in [5.41, 5.74) is 1.96. The second kappa shape index (κ2) is 6.41. The number of hydrogen-bond acceptors (Lipinski definition) is 3. The molecule has 0 atom stereocenters. The molecule has 0 aliphatic carbocycles. The van der Waals surface area contributed by atoms with Crippen LogP contribution >= 0.6 is 0 Å². The maximum Gasteiger partial charge on any atom is 0.270 e. The minimum atomic E-state index is -0.0839. The van der Waals surface area contributed by atoms with E-state index in [0.29, 0.717) is 29.3 Å². The zero-order chi connectivity index (χ0) is 14.5. The third-order valence-corrected chi connectivity index (χ3v) is 3.29. The van der Waals surface area contributed by atoms with Gasteiger partial charge in [0.15, 0.2) is 11.4 Å². The quantitative estimate of drug-likeness (QED) is 0.824. The molecule has 2 rings (SSSR count). The van der Waals surface area contributed by atoms with Crippen molar-refractivity contribution in [2.24, 2.45) is 0 Å². The van der Waals surface area contributed by atoms with Crippen LogP contribution in [0.1, 0.15) is 42.4 Å². The van der Waals surface area contributed by atoms with Crippen LogP contribution in [0.2, 0.25) is 0 Å². The fourth-order valence-corrected chi connectivity index (χ4v) is 2.25. The Bertz CT molecular complexity index is 604. The molecule has 0 spiro atoms. The molecule has 0 aliphatic rings. The molecule has 0 radical (unpaired) electrons. The normalized spacial score (nSPS) is 10.8. The third kappa shape index (κ3) is 2.76. The minimum absolute atomic E-state index is 0.0839. The molecule has 0 bridgehead atoms. The first-order valence-corrected chi connectivity index (χ1v) is 6.99. The molecule has 2 aromatic heterocycles. The first kappa shape index (κ1) is 14.4. The van der Waals surface area contributed by atoms with Crippen molar-refractivity contribution in [1.82, 2.24) is 14.7 Å². The number of fused-ring (bicyclic) bond motifs is 1. The highest BCUT2D eigenvalue weighted by atomic mass is 16.5. The second-order valence-electron chi connectivity index (χ2n) is 4.78. The van der Waals surface area contributed by atoms with Crippen LogP contribution in [0.5, 0.6) is 5.75 Å². The van der Waals surface area contributed by atoms with Crippen molar-refractivity contribution in [3.05, 3.63) is 29.7 Å². The molecule has 2 heterocycles. The van der Waals surface area contributed by atoms with E-state index in [1.807, 2.05) is 25.3 Å². The van der Waals surface area contributed by atoms with Crippen LogP contribution in [-0.4, -0.2) is 28.9 Å². The Morgan fingerprint density at radius 3 is 2.95 bits per heavy atom. The number of carbonyl (C=O) groups excluding carboxylic acids is 1. The van der Waals surface area contributed by atoms with E-state index in [4.69, 9.17) is 4.74 Å². The Hall–Kier alpha value is -2.04. The summed E-state index contributed by atoms with van der Waals surface area (Å²) >= 11 is 0. The van der Waals surface area contributed by atoms with E-state index in [0.717, 1.165) is 19.3 Å². The molecule has 0 unspecified atom stereocenters. The highest BCUT2D eigenvalue weighted by Gasteiger charge is 2.17. The molecule has 5 heteroatoms. The van der Waals surface area contributed by atoms with Gasteiger partial charge in [-0.1, -0.05) is 19.8 Å². The van der Waals surface area contributed by atoms with Gasteiger partial charge < -0.3 is 10.1 Å². The van der Waals surface area contributed by atoms with Gasteiger partial charge in [0.25, 0.3) is 5.91 Å². The Balaban J connectivity index is 2.25. The molecular formula is C15H21N3O2. The summed E-state index contributed by atoms with van der Waals surface area (Å²) in [6.07, 6.45) is 5.10. The summed E-state index contributed by atoms with van der Waals surface area (Å²) in [7, 11) is 1.60. The molecule has 20 heavy (non-hydrogen) atoms. The number of pyridine rings is 1. The topological polar surface area (TPSA) is 55.6 Å². The number of aromatic nitrogens is 2. The summed E-state index contributed by atoms with van der Waals surface area (Å²) in [6, 6.07) is 3.69. The van der Waals surface area contributed by atoms with Gasteiger partial charge in [-0.3, -0.25) is 9.20 Å². The van der Waals surface area contributed by atoms with E-state index < -0.39 is 0 Å². The standard InChI is InChI=1S/C15H21N3O2/c1-4-5-6-9-16-15(19)13-11(2)17-14-12(20-3)8-7-10-18(13)14/h7-8,10H,4-6,9H2,1-3H3,(H,16,19). The van der Waals surface area contributed by atoms with Crippen LogP contribution in [0, 0.1) is 6.92 Å². The Morgan fingerprint density at radius 1 is 1.45 bits per heavy atom. The predicted molar refractivity (Wildman–Crippen MR) is 78.3 cm³/mol. The molecule has 1 N–H and O–H groups in total. The number of carbonyl (C=O) groups is 1. The van der Waals surface area contributed by atoms with Gasteiger partial charge in [-0.15, -0.1) is 0 Å². The number of unbranched alkanes of at least 4 members (excludes halogenated alkanes) is 2. The van der Waals surface area contributed by atoms with Crippen molar-refractivity contribution in [2.45, 2.75) is 33.1 Å². The van der Waals surface area contributed by atoms with E-state index in [2.05, 4.69) is 17.2 Å². The summed E-state index contributed by atoms with van der Waals surface area (Å²) in [6.45, 7) is 4.68. The molecule has 0 saturated heterocycles. The van der Waals surface area contributed by atoms with Crippen molar-refractivity contribution in [1.29, 1.82) is 0 Å². The van der Waals surface area contributed by atoms with E-state index in [1.54, 1.807) is 11.5 Å². The van der Waals surface area contributed by atoms with Crippen LogP contribution in [0.25, 0.3) is 5.65 Å². The zero-order valence-electron chi connectivity index (χ0n) is 12.3. The zero-order valence-corrected chi connectivity index (χ0v) is 12.3. The highest BCUT2D eigenvalue weighted by molar-refractivity contribution is 5.94. The van der Waals surface area contributed by atoms with Gasteiger partial charge in [-0.25, -0.2) is 4.98 Å². The Morgan fingerprint density at radius 2 is 2.25 bits per heavy atom. The molecule has 0 saturated carbocycles. The van der Waals surface area contributed by atoms with Gasteiger partial charge in [0.05, 0.1) is 12.8 Å². The summed E-state index contributed by atoms with van der Waals surface area (Å²) in [5, 5.41) is 2.95. The summed E-state index contributed by atoms with van der Waals surface area (Å²) in [5.74, 6) is 0.583. The maximum absolute atomic E-state index is 12.3. The number of nitrogens with one attached hydrogen (secondary N) is 1. The lowest BCUT2D eigenvalue weighted by Crippen LogP contribution is -2.26. The number of nitrogens with zero attached hydrogens (tertiary/aromatic N) is 2. The lowest BCUT2D eigenvalue weighted by Gasteiger charge is -2.06. The van der Waals surface area contributed by atoms with Crippen molar-refractivity contribution in [2.75, 3.05) is 13.7 Å². The average molecular weight is 275 g/mol. The van der Waals surface area contributed by atoms with E-state index >= 15 is 0 Å². The van der Waals surface area contributed by atoms with E-state index in [-0.39, 0.29) is 5.91 Å². The average Bonchev–Trinajstić information content (AvgIpc) is 2.79. The predicted octanol–water partition coefficient (Wildman–Crippen LogP) is 2.57. The Kier molecular flexibility index (Phi) is 4.61. The summed E-state index contributed by atoms with van der Waals surface area (Å²) in [4.78, 5) is 16.7. The second-order valence-corrected chi connectivity index (χ2v) is 4.78. The highest BCUT2D eigenvalue weighted by Crippen LogP contribution is 2.21. The van der Waals surface area contributed by atoms with Crippen LogP contribution < -0.4 is 10.1 Å². The van der Waals surface area contributed by atoms with E-state index in [1.165, 1.54) is 0 Å². The number of imidazole rings is 1. The van der Waals surface area contributed by atoms with Crippen molar-refractivity contribution < 1.29 is 9.53 Å². The first-order valence-electron chi connectivity index (χ1n) is 6.99. The van der Waals surface area contributed by atoms with Crippen LogP contribution in [0.4, 0.5) is 0 Å². The number of amides is 1. The Labute approximate surface area is 119 Å². The minimum Gasteiger partial charge on any atom is -0.493 e. The van der Waals surface area contributed by atoms with Gasteiger partial charge in [0, 0.05) is 12.7 Å². The third-order valence-electron chi connectivity index (χ3n) is 3.29. The van der Waals surface area contributed by atoms with Crippen molar-refractivity contribution in [3.63, 3.8) is 0 Å². The molecule has 2 aromatic rings. The number of hydrogen-bond donors (Lipinski definition) is 1. The molecular weight excluding hydrogens is 254 g/mol. The number of methoxy groups -OCH3 is 1. The van der Waals surface area contributed by atoms with Crippen molar-refractivity contribution in [3.8, 4) is 5.75 Å². The van der Waals surface area contributed by atoms with Gasteiger partial charge in [0.2, 0.25) is 0 Å². The lowest BCUT2D eigenvalue weighted by molar-refractivity contribution is 0.0946. The van der Waals surface area contributed by atoms with E-state index in [9.17, 15) is 4.79 Å². The molecule has 1 amide bonds. The van der Waals surface area contributed by atoms with Gasteiger partial charge in [-0.05, 0) is 25.5 Å². The van der Waals surface area contributed by atoms with Crippen LogP contribution in [0.3, 0.4) is 0 Å². The number of rotatable bonds is 6. The fraction of sp³-hybridized carbons (Fsp3) is 0.467. The monoisotopic (exact) mass is 275 g/mol. The SMILES string of the molecule is CCCCCNC(=O)c1c(C)nc2c(OC)cccn12. The number of ether oxygens (including phenoxy) is 1. The van der Waals surface area contributed by atoms with Crippen LogP contribution in [0.15, 0.2) is 18.3 Å².